The molecular formula is C9H13N3O2. The summed E-state index contributed by atoms with van der Waals surface area (Å²) in [5.41, 5.74) is 1.37. The van der Waals surface area contributed by atoms with Crippen molar-refractivity contribution < 1.29 is 9.63 Å². The highest BCUT2D eigenvalue weighted by atomic mass is 16.7. The fourth-order valence-corrected chi connectivity index (χ4v) is 1.46. The molecule has 76 valence electrons. The van der Waals surface area contributed by atoms with Gasteiger partial charge < -0.3 is 0 Å². The van der Waals surface area contributed by atoms with Crippen molar-refractivity contribution in [2.24, 2.45) is 0 Å². The first-order valence-corrected chi connectivity index (χ1v) is 4.74. The maximum absolute atomic E-state index is 11.8. The number of amides is 1. The van der Waals surface area contributed by atoms with Crippen LogP contribution in [0.25, 0.3) is 0 Å². The van der Waals surface area contributed by atoms with Crippen molar-refractivity contribution >= 4 is 5.91 Å². The Morgan fingerprint density at radius 2 is 2.50 bits per heavy atom. The van der Waals surface area contributed by atoms with Crippen LogP contribution in [0.2, 0.25) is 0 Å². The molecule has 0 aromatic carbocycles. The average Bonchev–Trinajstić information content (AvgIpc) is 2.65. The third kappa shape index (κ3) is 1.63. The van der Waals surface area contributed by atoms with Gasteiger partial charge in [0.2, 0.25) is 0 Å². The number of carbonyl (C=O) groups excluding carboxylic acids is 1. The quantitative estimate of drug-likeness (QED) is 0.723. The molecule has 1 saturated heterocycles. The van der Waals surface area contributed by atoms with Crippen molar-refractivity contribution in [3.63, 3.8) is 0 Å². The Balaban J connectivity index is 2.11. The van der Waals surface area contributed by atoms with Crippen molar-refractivity contribution in [2.45, 2.75) is 19.8 Å². The van der Waals surface area contributed by atoms with Crippen LogP contribution in [0.4, 0.5) is 0 Å². The monoisotopic (exact) mass is 195 g/mol. The van der Waals surface area contributed by atoms with Crippen molar-refractivity contribution in [1.82, 2.24) is 15.3 Å². The van der Waals surface area contributed by atoms with E-state index in [1.807, 2.05) is 6.92 Å². The summed E-state index contributed by atoms with van der Waals surface area (Å²) in [7, 11) is 0. The molecule has 14 heavy (non-hydrogen) atoms. The SMILES string of the molecule is Cc1[nH]ncc1C(=O)N1CCCCO1. The maximum Gasteiger partial charge on any atom is 0.280 e. The van der Waals surface area contributed by atoms with E-state index in [4.69, 9.17) is 4.84 Å². The van der Waals surface area contributed by atoms with E-state index in [0.717, 1.165) is 18.5 Å². The van der Waals surface area contributed by atoms with Gasteiger partial charge in [0.25, 0.3) is 5.91 Å². The van der Waals surface area contributed by atoms with Gasteiger partial charge in [-0.3, -0.25) is 14.7 Å². The van der Waals surface area contributed by atoms with Crippen LogP contribution in [0.5, 0.6) is 0 Å². The Hall–Kier alpha value is -1.36. The first-order valence-electron chi connectivity index (χ1n) is 4.74. The Bertz CT molecular complexity index is 329. The number of carbonyl (C=O) groups is 1. The lowest BCUT2D eigenvalue weighted by atomic mass is 10.2. The number of nitrogens with one attached hydrogen (secondary N) is 1. The van der Waals surface area contributed by atoms with Gasteiger partial charge in [-0.2, -0.15) is 5.10 Å². The van der Waals surface area contributed by atoms with E-state index in [0.29, 0.717) is 18.7 Å². The summed E-state index contributed by atoms with van der Waals surface area (Å²) in [6.07, 6.45) is 3.56. The predicted octanol–water partition coefficient (Wildman–Crippen LogP) is 0.886. The molecule has 1 aromatic heterocycles. The Morgan fingerprint density at radius 1 is 1.64 bits per heavy atom. The molecule has 0 saturated carbocycles. The second-order valence-electron chi connectivity index (χ2n) is 3.36. The number of hydrogen-bond acceptors (Lipinski definition) is 3. The summed E-state index contributed by atoms with van der Waals surface area (Å²) in [5, 5.41) is 7.96. The molecule has 0 atom stereocenters. The summed E-state index contributed by atoms with van der Waals surface area (Å²) in [5.74, 6) is -0.101. The predicted molar refractivity (Wildman–Crippen MR) is 49.5 cm³/mol. The summed E-state index contributed by atoms with van der Waals surface area (Å²) >= 11 is 0. The van der Waals surface area contributed by atoms with Gasteiger partial charge in [-0.1, -0.05) is 0 Å². The summed E-state index contributed by atoms with van der Waals surface area (Å²) in [6, 6.07) is 0. The minimum Gasteiger partial charge on any atom is -0.282 e. The van der Waals surface area contributed by atoms with E-state index in [-0.39, 0.29) is 5.91 Å². The van der Waals surface area contributed by atoms with Crippen LogP contribution in [0.1, 0.15) is 28.9 Å². The highest BCUT2D eigenvalue weighted by molar-refractivity contribution is 5.94. The number of nitrogens with zero attached hydrogens (tertiary/aromatic N) is 2. The topological polar surface area (TPSA) is 58.2 Å². The first kappa shape index (κ1) is 9.21. The van der Waals surface area contributed by atoms with E-state index in [2.05, 4.69) is 10.2 Å². The highest BCUT2D eigenvalue weighted by Gasteiger charge is 2.21. The molecule has 1 aliphatic rings. The molecule has 1 amide bonds. The van der Waals surface area contributed by atoms with Gasteiger partial charge in [0.05, 0.1) is 18.4 Å². The zero-order chi connectivity index (χ0) is 9.97. The molecule has 0 bridgehead atoms. The van der Waals surface area contributed by atoms with E-state index in [9.17, 15) is 4.79 Å². The molecular weight excluding hydrogens is 182 g/mol. The first-order chi connectivity index (χ1) is 6.79. The minimum atomic E-state index is -0.101. The molecule has 5 heteroatoms. The van der Waals surface area contributed by atoms with Gasteiger partial charge in [-0.15, -0.1) is 0 Å². The van der Waals surface area contributed by atoms with Crippen LogP contribution in [0.3, 0.4) is 0 Å². The smallest absolute Gasteiger partial charge is 0.280 e. The Morgan fingerprint density at radius 3 is 3.07 bits per heavy atom. The summed E-state index contributed by atoms with van der Waals surface area (Å²) in [6.45, 7) is 3.12. The zero-order valence-electron chi connectivity index (χ0n) is 8.12. The molecule has 1 fully saturated rings. The summed E-state index contributed by atoms with van der Waals surface area (Å²) in [4.78, 5) is 17.1. The molecule has 1 N–H and O–H groups in total. The number of aromatic amines is 1. The number of aromatic nitrogens is 2. The lowest BCUT2D eigenvalue weighted by molar-refractivity contribution is -0.144. The van der Waals surface area contributed by atoms with Crippen molar-refractivity contribution in [3.8, 4) is 0 Å². The molecule has 5 nitrogen and oxygen atoms in total. The molecule has 0 spiro atoms. The average molecular weight is 195 g/mol. The van der Waals surface area contributed by atoms with E-state index >= 15 is 0 Å². The third-order valence-electron chi connectivity index (χ3n) is 2.29. The van der Waals surface area contributed by atoms with E-state index in [1.165, 1.54) is 11.3 Å². The number of aryl methyl sites for hydroxylation is 1. The molecule has 0 aliphatic carbocycles. The summed E-state index contributed by atoms with van der Waals surface area (Å²) < 4.78 is 0. The number of rotatable bonds is 1. The van der Waals surface area contributed by atoms with Crippen molar-refractivity contribution in [3.05, 3.63) is 17.5 Å². The van der Waals surface area contributed by atoms with Crippen molar-refractivity contribution in [2.75, 3.05) is 13.2 Å². The lowest BCUT2D eigenvalue weighted by Gasteiger charge is -2.25. The van der Waals surface area contributed by atoms with Crippen LogP contribution >= 0.6 is 0 Å². The highest BCUT2D eigenvalue weighted by Crippen LogP contribution is 2.12. The van der Waals surface area contributed by atoms with Gasteiger partial charge in [0.15, 0.2) is 0 Å². The molecule has 0 unspecified atom stereocenters. The van der Waals surface area contributed by atoms with Crippen LogP contribution in [0.15, 0.2) is 6.20 Å². The van der Waals surface area contributed by atoms with E-state index < -0.39 is 0 Å². The number of H-pyrrole nitrogens is 1. The van der Waals surface area contributed by atoms with Gasteiger partial charge in [0.1, 0.15) is 0 Å². The van der Waals surface area contributed by atoms with Gasteiger partial charge >= 0.3 is 0 Å². The number of hydrogen-bond donors (Lipinski definition) is 1. The van der Waals surface area contributed by atoms with Gasteiger partial charge in [-0.05, 0) is 19.8 Å². The van der Waals surface area contributed by atoms with Crippen LogP contribution < -0.4 is 0 Å². The van der Waals surface area contributed by atoms with Gasteiger partial charge in [0, 0.05) is 12.2 Å². The third-order valence-corrected chi connectivity index (χ3v) is 2.29. The van der Waals surface area contributed by atoms with Crippen LogP contribution in [-0.4, -0.2) is 34.3 Å². The normalized spacial score (nSPS) is 17.1. The van der Waals surface area contributed by atoms with E-state index in [1.54, 1.807) is 0 Å². The Kier molecular flexibility index (Phi) is 2.49. The molecule has 1 aromatic rings. The van der Waals surface area contributed by atoms with Crippen LogP contribution in [0, 0.1) is 6.92 Å². The zero-order valence-corrected chi connectivity index (χ0v) is 8.12. The molecule has 2 rings (SSSR count). The minimum absolute atomic E-state index is 0.101. The van der Waals surface area contributed by atoms with Gasteiger partial charge in [-0.25, -0.2) is 5.06 Å². The molecule has 2 heterocycles. The van der Waals surface area contributed by atoms with Crippen molar-refractivity contribution in [1.29, 1.82) is 0 Å². The van der Waals surface area contributed by atoms with Crippen LogP contribution in [-0.2, 0) is 4.84 Å². The number of hydroxylamine groups is 2. The lowest BCUT2D eigenvalue weighted by Crippen LogP contribution is -2.35. The molecule has 0 radical (unpaired) electrons. The molecule has 1 aliphatic heterocycles. The fourth-order valence-electron chi connectivity index (χ4n) is 1.46. The second kappa shape index (κ2) is 3.79. The maximum atomic E-state index is 11.8. The standard InChI is InChI=1S/C9H13N3O2/c1-7-8(6-10-11-7)9(13)12-4-2-3-5-14-12/h6H,2-5H2,1H3,(H,10,11). The largest absolute Gasteiger partial charge is 0.282 e. The fraction of sp³-hybridized carbons (Fsp3) is 0.556. The second-order valence-corrected chi connectivity index (χ2v) is 3.36. The Labute approximate surface area is 82.0 Å².